The van der Waals surface area contributed by atoms with Gasteiger partial charge in [-0.2, -0.15) is 0 Å². The lowest BCUT2D eigenvalue weighted by Crippen LogP contribution is -2.20. The normalized spacial score (nSPS) is 13.6. The maximum absolute atomic E-state index is 11.7. The standard InChI is InChI=1S/C4H5F3O3/c5-3(6)4(7)10-1-2(8)9/h3-4H,1H2,(H,8,9). The molecule has 0 rings (SSSR count). The molecule has 60 valence electrons. The van der Waals surface area contributed by atoms with E-state index in [1.807, 2.05) is 0 Å². The van der Waals surface area contributed by atoms with Crippen molar-refractivity contribution >= 4 is 5.97 Å². The Balaban J connectivity index is 3.39. The van der Waals surface area contributed by atoms with Crippen LogP contribution in [0.5, 0.6) is 0 Å². The third-order valence-corrected chi connectivity index (χ3v) is 0.564. The number of carboxylic acids is 1. The van der Waals surface area contributed by atoms with E-state index in [9.17, 15) is 18.0 Å². The van der Waals surface area contributed by atoms with E-state index in [2.05, 4.69) is 4.74 Å². The molecule has 0 aliphatic rings. The van der Waals surface area contributed by atoms with Crippen LogP contribution < -0.4 is 0 Å². The quantitative estimate of drug-likeness (QED) is 0.653. The maximum atomic E-state index is 11.7. The Bertz CT molecular complexity index is 116. The molecule has 6 heteroatoms. The van der Waals surface area contributed by atoms with Crippen molar-refractivity contribution in [3.8, 4) is 0 Å². The smallest absolute Gasteiger partial charge is 0.329 e. The highest BCUT2D eigenvalue weighted by atomic mass is 19.3. The predicted molar refractivity (Wildman–Crippen MR) is 24.5 cm³/mol. The van der Waals surface area contributed by atoms with Crippen molar-refractivity contribution in [3.05, 3.63) is 0 Å². The zero-order valence-corrected chi connectivity index (χ0v) is 4.76. The molecule has 0 saturated carbocycles. The largest absolute Gasteiger partial charge is 0.480 e. The zero-order chi connectivity index (χ0) is 8.15. The highest BCUT2D eigenvalue weighted by Crippen LogP contribution is 2.05. The van der Waals surface area contributed by atoms with E-state index in [0.29, 0.717) is 0 Å². The minimum atomic E-state index is -3.29. The average Bonchev–Trinajstić information content (AvgIpc) is 1.82. The molecule has 0 saturated heterocycles. The van der Waals surface area contributed by atoms with Crippen LogP contribution in [0, 0.1) is 0 Å². The van der Waals surface area contributed by atoms with Crippen molar-refractivity contribution in [2.24, 2.45) is 0 Å². The topological polar surface area (TPSA) is 46.5 Å². The van der Waals surface area contributed by atoms with Gasteiger partial charge in [0.15, 0.2) is 0 Å². The first-order valence-corrected chi connectivity index (χ1v) is 2.29. The van der Waals surface area contributed by atoms with Crippen LogP contribution in [0.25, 0.3) is 0 Å². The molecule has 0 bridgehead atoms. The number of alkyl halides is 3. The van der Waals surface area contributed by atoms with Gasteiger partial charge < -0.3 is 9.84 Å². The Morgan fingerprint density at radius 3 is 2.30 bits per heavy atom. The molecule has 0 heterocycles. The predicted octanol–water partition coefficient (Wildman–Crippen LogP) is 0.648. The highest BCUT2D eigenvalue weighted by Gasteiger charge is 2.20. The molecule has 0 radical (unpaired) electrons. The van der Waals surface area contributed by atoms with Crippen molar-refractivity contribution in [1.82, 2.24) is 0 Å². The molecule has 0 aliphatic carbocycles. The second-order valence-electron chi connectivity index (χ2n) is 1.39. The first-order chi connectivity index (χ1) is 4.54. The van der Waals surface area contributed by atoms with E-state index in [1.165, 1.54) is 0 Å². The maximum Gasteiger partial charge on any atom is 0.329 e. The molecule has 0 aromatic carbocycles. The summed E-state index contributed by atoms with van der Waals surface area (Å²) in [7, 11) is 0. The van der Waals surface area contributed by atoms with Crippen LogP contribution in [0.15, 0.2) is 0 Å². The molecule has 0 aliphatic heterocycles. The lowest BCUT2D eigenvalue weighted by molar-refractivity contribution is -0.161. The average molecular weight is 158 g/mol. The van der Waals surface area contributed by atoms with E-state index in [1.54, 1.807) is 0 Å². The van der Waals surface area contributed by atoms with Crippen molar-refractivity contribution in [2.75, 3.05) is 6.61 Å². The van der Waals surface area contributed by atoms with Crippen LogP contribution in [0.3, 0.4) is 0 Å². The molecule has 0 amide bonds. The molecule has 0 fully saturated rings. The van der Waals surface area contributed by atoms with Crippen LogP contribution in [0.4, 0.5) is 13.2 Å². The minimum absolute atomic E-state index is 1.05. The Kier molecular flexibility index (Phi) is 3.78. The molecular formula is C4H5F3O3. The van der Waals surface area contributed by atoms with Gasteiger partial charge in [0.25, 0.3) is 12.8 Å². The van der Waals surface area contributed by atoms with E-state index < -0.39 is 25.4 Å². The third kappa shape index (κ3) is 4.13. The number of halogens is 3. The van der Waals surface area contributed by atoms with Crippen molar-refractivity contribution in [3.63, 3.8) is 0 Å². The van der Waals surface area contributed by atoms with Gasteiger partial charge in [0.05, 0.1) is 0 Å². The van der Waals surface area contributed by atoms with E-state index in [0.717, 1.165) is 0 Å². The summed E-state index contributed by atoms with van der Waals surface area (Å²) in [5.41, 5.74) is 0. The summed E-state index contributed by atoms with van der Waals surface area (Å²) in [4.78, 5) is 9.59. The molecule has 3 nitrogen and oxygen atoms in total. The first kappa shape index (κ1) is 9.22. The molecule has 0 spiro atoms. The zero-order valence-electron chi connectivity index (χ0n) is 4.76. The fraction of sp³-hybridized carbons (Fsp3) is 0.750. The van der Waals surface area contributed by atoms with Crippen molar-refractivity contribution in [1.29, 1.82) is 0 Å². The van der Waals surface area contributed by atoms with Gasteiger partial charge in [0.2, 0.25) is 0 Å². The summed E-state index contributed by atoms with van der Waals surface area (Å²) < 4.78 is 37.6. The van der Waals surface area contributed by atoms with Gasteiger partial charge in [0, 0.05) is 0 Å². The number of rotatable bonds is 4. The second-order valence-corrected chi connectivity index (χ2v) is 1.39. The summed E-state index contributed by atoms with van der Waals surface area (Å²) in [5, 5.41) is 7.81. The van der Waals surface area contributed by atoms with Gasteiger partial charge in [0.1, 0.15) is 6.61 Å². The number of carboxylic acid groups (broad SMARTS) is 1. The SMILES string of the molecule is O=C(O)COC(F)C(F)F. The third-order valence-electron chi connectivity index (χ3n) is 0.564. The minimum Gasteiger partial charge on any atom is -0.480 e. The Labute approximate surface area is 54.4 Å². The van der Waals surface area contributed by atoms with Gasteiger partial charge in [-0.3, -0.25) is 0 Å². The Hall–Kier alpha value is -0.780. The van der Waals surface area contributed by atoms with E-state index in [-0.39, 0.29) is 0 Å². The molecular weight excluding hydrogens is 153 g/mol. The van der Waals surface area contributed by atoms with Crippen molar-refractivity contribution in [2.45, 2.75) is 12.8 Å². The number of carbonyl (C=O) groups is 1. The number of hydrogen-bond donors (Lipinski definition) is 1. The van der Waals surface area contributed by atoms with Crippen molar-refractivity contribution < 1.29 is 27.8 Å². The summed E-state index contributed by atoms with van der Waals surface area (Å²) in [6.45, 7) is -1.05. The van der Waals surface area contributed by atoms with Gasteiger partial charge in [-0.1, -0.05) is 0 Å². The molecule has 0 aromatic rings. The first-order valence-electron chi connectivity index (χ1n) is 2.29. The monoisotopic (exact) mass is 158 g/mol. The van der Waals surface area contributed by atoms with Crippen LogP contribution in [-0.2, 0) is 9.53 Å². The van der Waals surface area contributed by atoms with Crippen LogP contribution in [0.2, 0.25) is 0 Å². The highest BCUT2D eigenvalue weighted by molar-refractivity contribution is 5.67. The Morgan fingerprint density at radius 2 is 2.00 bits per heavy atom. The molecule has 10 heavy (non-hydrogen) atoms. The molecule has 1 unspecified atom stereocenters. The second kappa shape index (κ2) is 4.10. The number of aliphatic carboxylic acids is 1. The van der Waals surface area contributed by atoms with Gasteiger partial charge in [-0.25, -0.2) is 18.0 Å². The molecule has 0 aromatic heterocycles. The summed E-state index contributed by atoms with van der Waals surface area (Å²) >= 11 is 0. The van der Waals surface area contributed by atoms with Gasteiger partial charge >= 0.3 is 5.97 Å². The van der Waals surface area contributed by atoms with E-state index in [4.69, 9.17) is 5.11 Å². The number of ether oxygens (including phenoxy) is 1. The lowest BCUT2D eigenvalue weighted by atomic mass is 10.7. The lowest BCUT2D eigenvalue weighted by Gasteiger charge is -2.04. The summed E-state index contributed by atoms with van der Waals surface area (Å²) in [5.74, 6) is -1.48. The van der Waals surface area contributed by atoms with Gasteiger partial charge in [-0.15, -0.1) is 0 Å². The van der Waals surface area contributed by atoms with Crippen LogP contribution >= 0.6 is 0 Å². The van der Waals surface area contributed by atoms with E-state index >= 15 is 0 Å². The fourth-order valence-corrected chi connectivity index (χ4v) is 0.224. The number of hydrogen-bond acceptors (Lipinski definition) is 2. The van der Waals surface area contributed by atoms with Crippen LogP contribution in [0.1, 0.15) is 0 Å². The molecule has 1 N–H and O–H groups in total. The van der Waals surface area contributed by atoms with Gasteiger partial charge in [-0.05, 0) is 0 Å². The summed E-state index contributed by atoms with van der Waals surface area (Å²) in [6.07, 6.45) is -6.10. The molecule has 1 atom stereocenters. The Morgan fingerprint density at radius 1 is 1.50 bits per heavy atom. The van der Waals surface area contributed by atoms with Crippen LogP contribution in [-0.4, -0.2) is 30.5 Å². The fourth-order valence-electron chi connectivity index (χ4n) is 0.224. The summed E-state index contributed by atoms with van der Waals surface area (Å²) in [6, 6.07) is 0.